The molecule has 0 saturated carbocycles. The van der Waals surface area contributed by atoms with Crippen molar-refractivity contribution >= 4 is 5.78 Å². The number of rotatable bonds is 4. The zero-order chi connectivity index (χ0) is 19.5. The minimum atomic E-state index is -0.264. The smallest absolute Gasteiger partial charge is 0.214 e. The van der Waals surface area contributed by atoms with Crippen LogP contribution in [0, 0.1) is 18.3 Å². The Balaban J connectivity index is 1.98. The van der Waals surface area contributed by atoms with Crippen LogP contribution in [-0.4, -0.2) is 15.6 Å². The van der Waals surface area contributed by atoms with Crippen LogP contribution < -0.4 is 0 Å². The summed E-state index contributed by atoms with van der Waals surface area (Å²) < 4.78 is 1.68. The number of aromatic nitrogens is 2. The number of carbonyl (C=O) groups is 1. The van der Waals surface area contributed by atoms with Crippen LogP contribution in [0.5, 0.6) is 0 Å². The maximum atomic E-state index is 13.1. The third-order valence-electron chi connectivity index (χ3n) is 4.57. The van der Waals surface area contributed by atoms with Gasteiger partial charge in [0.25, 0.3) is 0 Å². The van der Waals surface area contributed by atoms with Gasteiger partial charge in [0.15, 0.2) is 5.69 Å². The summed E-state index contributed by atoms with van der Waals surface area (Å²) in [5.41, 5.74) is 4.32. The summed E-state index contributed by atoms with van der Waals surface area (Å²) in [6.45, 7) is 2.01. The van der Waals surface area contributed by atoms with Gasteiger partial charge in [-0.1, -0.05) is 78.4 Å². The molecule has 0 aliphatic carbocycles. The van der Waals surface area contributed by atoms with Crippen LogP contribution in [0.2, 0.25) is 0 Å². The van der Waals surface area contributed by atoms with Crippen molar-refractivity contribution in [2.75, 3.05) is 0 Å². The SMILES string of the molecule is Cc1ccc(-c2c(C#N)c(C(=O)c3ccccc3)nn2-c2ccccc2)cc1. The minimum absolute atomic E-state index is 0.160. The zero-order valence-electron chi connectivity index (χ0n) is 15.3. The second kappa shape index (κ2) is 7.34. The largest absolute Gasteiger partial charge is 0.287 e. The Bertz CT molecular complexity index is 1170. The first kappa shape index (κ1) is 17.4. The summed E-state index contributed by atoms with van der Waals surface area (Å²) in [5.74, 6) is -0.264. The van der Waals surface area contributed by atoms with E-state index in [1.807, 2.05) is 67.6 Å². The lowest BCUT2D eigenvalue weighted by atomic mass is 10.0. The number of ketones is 1. The Morgan fingerprint density at radius 2 is 1.50 bits per heavy atom. The number of hydrogen-bond acceptors (Lipinski definition) is 3. The molecule has 0 bridgehead atoms. The van der Waals surface area contributed by atoms with Crippen molar-refractivity contribution in [2.45, 2.75) is 6.92 Å². The van der Waals surface area contributed by atoms with E-state index in [1.165, 1.54) is 0 Å². The number of carbonyl (C=O) groups excluding carboxylic acids is 1. The molecule has 0 fully saturated rings. The Kier molecular flexibility index (Phi) is 4.57. The standard InChI is InChI=1S/C24H17N3O/c1-17-12-14-18(15-13-17)23-21(16-25)22(24(28)19-8-4-2-5-9-19)26-27(23)20-10-6-3-7-11-20/h2-15H,1H3. The van der Waals surface area contributed by atoms with E-state index < -0.39 is 0 Å². The molecule has 28 heavy (non-hydrogen) atoms. The molecule has 134 valence electrons. The van der Waals surface area contributed by atoms with Crippen LogP contribution in [0.25, 0.3) is 16.9 Å². The molecule has 4 nitrogen and oxygen atoms in total. The zero-order valence-corrected chi connectivity index (χ0v) is 15.3. The highest BCUT2D eigenvalue weighted by Crippen LogP contribution is 2.30. The highest BCUT2D eigenvalue weighted by molar-refractivity contribution is 6.10. The van der Waals surface area contributed by atoms with Gasteiger partial charge in [0.1, 0.15) is 11.6 Å². The second-order valence-electron chi connectivity index (χ2n) is 6.49. The van der Waals surface area contributed by atoms with Gasteiger partial charge in [0, 0.05) is 11.1 Å². The van der Waals surface area contributed by atoms with Gasteiger partial charge in [0.2, 0.25) is 5.78 Å². The molecule has 0 spiro atoms. The Morgan fingerprint density at radius 1 is 0.893 bits per heavy atom. The maximum Gasteiger partial charge on any atom is 0.214 e. The molecule has 0 aliphatic rings. The van der Waals surface area contributed by atoms with Crippen molar-refractivity contribution in [3.8, 4) is 23.0 Å². The van der Waals surface area contributed by atoms with Gasteiger partial charge < -0.3 is 0 Å². The maximum absolute atomic E-state index is 13.1. The Morgan fingerprint density at radius 3 is 2.11 bits per heavy atom. The van der Waals surface area contributed by atoms with Gasteiger partial charge in [0.05, 0.1) is 11.4 Å². The number of para-hydroxylation sites is 1. The molecule has 1 heterocycles. The topological polar surface area (TPSA) is 58.7 Å². The van der Waals surface area contributed by atoms with Gasteiger partial charge in [-0.15, -0.1) is 0 Å². The first-order valence-electron chi connectivity index (χ1n) is 8.94. The fourth-order valence-corrected chi connectivity index (χ4v) is 3.14. The monoisotopic (exact) mass is 363 g/mol. The van der Waals surface area contributed by atoms with Crippen molar-refractivity contribution in [1.29, 1.82) is 5.26 Å². The third-order valence-corrected chi connectivity index (χ3v) is 4.57. The van der Waals surface area contributed by atoms with E-state index in [9.17, 15) is 10.1 Å². The van der Waals surface area contributed by atoms with Crippen molar-refractivity contribution < 1.29 is 4.79 Å². The fourth-order valence-electron chi connectivity index (χ4n) is 3.14. The first-order valence-corrected chi connectivity index (χ1v) is 8.94. The molecule has 0 aliphatic heterocycles. The van der Waals surface area contributed by atoms with Gasteiger partial charge in [-0.2, -0.15) is 10.4 Å². The van der Waals surface area contributed by atoms with E-state index in [2.05, 4.69) is 11.2 Å². The lowest BCUT2D eigenvalue weighted by Gasteiger charge is -2.08. The number of nitriles is 1. The minimum Gasteiger partial charge on any atom is -0.287 e. The highest BCUT2D eigenvalue weighted by atomic mass is 16.1. The molecule has 0 N–H and O–H groups in total. The van der Waals surface area contributed by atoms with E-state index in [0.29, 0.717) is 11.3 Å². The van der Waals surface area contributed by atoms with Crippen LogP contribution in [-0.2, 0) is 0 Å². The summed E-state index contributed by atoms with van der Waals surface area (Å²) in [7, 11) is 0. The van der Waals surface area contributed by atoms with Crippen molar-refractivity contribution in [1.82, 2.24) is 9.78 Å². The van der Waals surface area contributed by atoms with Crippen LogP contribution in [0.4, 0.5) is 0 Å². The summed E-state index contributed by atoms with van der Waals surface area (Å²) in [4.78, 5) is 13.1. The summed E-state index contributed by atoms with van der Waals surface area (Å²) in [5, 5.41) is 14.5. The lowest BCUT2D eigenvalue weighted by Crippen LogP contribution is -2.05. The number of aryl methyl sites for hydroxylation is 1. The first-order chi connectivity index (χ1) is 13.7. The average molecular weight is 363 g/mol. The van der Waals surface area contributed by atoms with Gasteiger partial charge in [-0.25, -0.2) is 4.68 Å². The van der Waals surface area contributed by atoms with Crippen LogP contribution in [0.1, 0.15) is 27.2 Å². The van der Waals surface area contributed by atoms with Crippen molar-refractivity contribution in [3.63, 3.8) is 0 Å². The predicted molar refractivity (Wildman–Crippen MR) is 108 cm³/mol. The highest BCUT2D eigenvalue weighted by Gasteiger charge is 2.25. The summed E-state index contributed by atoms with van der Waals surface area (Å²) in [6, 6.07) is 28.5. The molecule has 4 heteroatoms. The molecule has 0 atom stereocenters. The van der Waals surface area contributed by atoms with Gasteiger partial charge in [-0.05, 0) is 19.1 Å². The number of hydrogen-bond donors (Lipinski definition) is 0. The molecule has 1 aromatic heterocycles. The van der Waals surface area contributed by atoms with E-state index in [1.54, 1.807) is 28.9 Å². The third kappa shape index (κ3) is 3.10. The molecule has 0 radical (unpaired) electrons. The molecule has 0 amide bonds. The Hall–Kier alpha value is -3.97. The number of nitrogens with zero attached hydrogens (tertiary/aromatic N) is 3. The average Bonchev–Trinajstić information content (AvgIpc) is 3.14. The van der Waals surface area contributed by atoms with Crippen LogP contribution >= 0.6 is 0 Å². The molecule has 4 aromatic rings. The molecule has 0 unspecified atom stereocenters. The van der Waals surface area contributed by atoms with Crippen LogP contribution in [0.15, 0.2) is 84.9 Å². The molecule has 0 saturated heterocycles. The molecule has 4 rings (SSSR count). The Labute approximate surface area is 163 Å². The second-order valence-corrected chi connectivity index (χ2v) is 6.49. The fraction of sp³-hybridized carbons (Fsp3) is 0.0417. The lowest BCUT2D eigenvalue weighted by molar-refractivity contribution is 0.103. The van der Waals surface area contributed by atoms with Gasteiger partial charge >= 0.3 is 0 Å². The van der Waals surface area contributed by atoms with E-state index in [0.717, 1.165) is 16.8 Å². The van der Waals surface area contributed by atoms with E-state index >= 15 is 0 Å². The van der Waals surface area contributed by atoms with Crippen LogP contribution in [0.3, 0.4) is 0 Å². The number of benzene rings is 3. The van der Waals surface area contributed by atoms with Gasteiger partial charge in [-0.3, -0.25) is 4.79 Å². The summed E-state index contributed by atoms with van der Waals surface area (Å²) >= 11 is 0. The van der Waals surface area contributed by atoms with Crippen molar-refractivity contribution in [2.24, 2.45) is 0 Å². The van der Waals surface area contributed by atoms with Crippen molar-refractivity contribution in [3.05, 3.63) is 107 Å². The summed E-state index contributed by atoms with van der Waals surface area (Å²) in [6.07, 6.45) is 0. The molecular formula is C24H17N3O. The predicted octanol–water partition coefficient (Wildman–Crippen LogP) is 4.95. The van der Waals surface area contributed by atoms with E-state index in [4.69, 9.17) is 0 Å². The van der Waals surface area contributed by atoms with E-state index in [-0.39, 0.29) is 17.0 Å². The quantitative estimate of drug-likeness (QED) is 0.482. The molecule has 3 aromatic carbocycles. The molecular weight excluding hydrogens is 346 g/mol. The normalized spacial score (nSPS) is 10.4.